The first-order valence-corrected chi connectivity index (χ1v) is 7.84. The van der Waals surface area contributed by atoms with Gasteiger partial charge in [-0.2, -0.15) is 0 Å². The Morgan fingerprint density at radius 3 is 2.71 bits per heavy atom. The lowest BCUT2D eigenvalue weighted by Gasteiger charge is -2.28. The molecule has 0 saturated heterocycles. The molecule has 21 heavy (non-hydrogen) atoms. The van der Waals surface area contributed by atoms with E-state index in [9.17, 15) is 4.79 Å². The minimum Gasteiger partial charge on any atom is -0.496 e. The van der Waals surface area contributed by atoms with Crippen LogP contribution in [0.3, 0.4) is 0 Å². The summed E-state index contributed by atoms with van der Waals surface area (Å²) < 4.78 is 5.40. The van der Waals surface area contributed by atoms with Gasteiger partial charge in [-0.15, -0.1) is 11.8 Å². The maximum atomic E-state index is 12.2. The van der Waals surface area contributed by atoms with E-state index in [1.165, 1.54) is 0 Å². The van der Waals surface area contributed by atoms with E-state index in [1.807, 2.05) is 48.7 Å². The van der Waals surface area contributed by atoms with Gasteiger partial charge in [0.25, 0.3) is 5.91 Å². The second kappa shape index (κ2) is 5.69. The van der Waals surface area contributed by atoms with Gasteiger partial charge in [-0.1, -0.05) is 18.2 Å². The van der Waals surface area contributed by atoms with E-state index in [-0.39, 0.29) is 12.1 Å². The summed E-state index contributed by atoms with van der Waals surface area (Å²) in [6.45, 7) is 0. The van der Waals surface area contributed by atoms with Gasteiger partial charge in [-0.05, 0) is 36.1 Å². The van der Waals surface area contributed by atoms with Crippen molar-refractivity contribution in [1.82, 2.24) is 5.32 Å². The average Bonchev–Trinajstić information content (AvgIpc) is 2.54. The van der Waals surface area contributed by atoms with Gasteiger partial charge < -0.3 is 15.4 Å². The van der Waals surface area contributed by atoms with Crippen molar-refractivity contribution < 1.29 is 9.53 Å². The molecule has 0 aliphatic carbocycles. The third-order valence-corrected chi connectivity index (χ3v) is 4.26. The Morgan fingerprint density at radius 2 is 1.95 bits per heavy atom. The number of nitrogens with one attached hydrogen (secondary N) is 2. The van der Waals surface area contributed by atoms with E-state index < -0.39 is 0 Å². The highest BCUT2D eigenvalue weighted by Crippen LogP contribution is 2.32. The molecule has 2 N–H and O–H groups in total. The second-order valence-corrected chi connectivity index (χ2v) is 5.56. The molecular formula is C16H16N2O2S. The van der Waals surface area contributed by atoms with Crippen LogP contribution in [0, 0.1) is 0 Å². The topological polar surface area (TPSA) is 50.4 Å². The van der Waals surface area contributed by atoms with Crippen molar-refractivity contribution >= 4 is 23.4 Å². The quantitative estimate of drug-likeness (QED) is 0.854. The predicted octanol–water partition coefficient (Wildman–Crippen LogP) is 3.27. The van der Waals surface area contributed by atoms with Gasteiger partial charge in [0.2, 0.25) is 0 Å². The van der Waals surface area contributed by atoms with Gasteiger partial charge in [0, 0.05) is 10.6 Å². The predicted molar refractivity (Wildman–Crippen MR) is 85.0 cm³/mol. The first-order chi connectivity index (χ1) is 10.2. The summed E-state index contributed by atoms with van der Waals surface area (Å²) in [6, 6.07) is 13.5. The minimum atomic E-state index is -0.253. The van der Waals surface area contributed by atoms with Gasteiger partial charge in [-0.3, -0.25) is 4.79 Å². The lowest BCUT2D eigenvalue weighted by atomic mass is 10.1. The first-order valence-electron chi connectivity index (χ1n) is 6.61. The van der Waals surface area contributed by atoms with Gasteiger partial charge >= 0.3 is 0 Å². The molecule has 3 rings (SSSR count). The number of anilines is 1. The number of thioether (sulfide) groups is 1. The summed E-state index contributed by atoms with van der Waals surface area (Å²) in [6.07, 6.45) is 1.76. The molecule has 2 aromatic carbocycles. The van der Waals surface area contributed by atoms with Crippen LogP contribution in [0.1, 0.15) is 22.1 Å². The van der Waals surface area contributed by atoms with Crippen LogP contribution < -0.4 is 15.4 Å². The lowest BCUT2D eigenvalue weighted by Crippen LogP contribution is -2.38. The summed E-state index contributed by atoms with van der Waals surface area (Å²) in [7, 11) is 1.65. The van der Waals surface area contributed by atoms with Gasteiger partial charge in [0.05, 0.1) is 12.7 Å². The standard InChI is InChI=1S/C16H16N2O2S/c1-20-13-9-10(7-8-14(13)21-2)15-17-12-6-4-3-5-11(12)16(19)18-15/h3-9,15,17H,1-2H3,(H,18,19)/t15-/m0/s1. The Hall–Kier alpha value is -2.14. The molecule has 0 saturated carbocycles. The number of amides is 1. The molecule has 1 aliphatic heterocycles. The maximum Gasteiger partial charge on any atom is 0.255 e. The molecule has 2 aromatic rings. The number of para-hydroxylation sites is 1. The first kappa shape index (κ1) is 13.8. The van der Waals surface area contributed by atoms with Crippen LogP contribution >= 0.6 is 11.8 Å². The molecule has 5 heteroatoms. The van der Waals surface area contributed by atoms with E-state index in [1.54, 1.807) is 18.9 Å². The zero-order chi connectivity index (χ0) is 14.8. The molecule has 4 nitrogen and oxygen atoms in total. The van der Waals surface area contributed by atoms with Crippen molar-refractivity contribution in [3.05, 3.63) is 53.6 Å². The van der Waals surface area contributed by atoms with E-state index in [2.05, 4.69) is 10.6 Å². The van der Waals surface area contributed by atoms with Gasteiger partial charge in [0.15, 0.2) is 0 Å². The monoisotopic (exact) mass is 300 g/mol. The van der Waals surface area contributed by atoms with E-state index in [4.69, 9.17) is 4.74 Å². The number of methoxy groups -OCH3 is 1. The molecule has 1 atom stereocenters. The molecule has 1 aliphatic rings. The Kier molecular flexibility index (Phi) is 3.75. The number of hydrogen-bond acceptors (Lipinski definition) is 4. The van der Waals surface area contributed by atoms with Crippen LogP contribution in [0.25, 0.3) is 0 Å². The Morgan fingerprint density at radius 1 is 1.14 bits per heavy atom. The van der Waals surface area contributed by atoms with E-state index in [0.717, 1.165) is 21.9 Å². The molecule has 108 valence electrons. The number of hydrogen-bond donors (Lipinski definition) is 2. The fraction of sp³-hybridized carbons (Fsp3) is 0.188. The zero-order valence-electron chi connectivity index (χ0n) is 11.8. The van der Waals surface area contributed by atoms with Crippen molar-refractivity contribution in [2.45, 2.75) is 11.1 Å². The minimum absolute atomic E-state index is 0.0674. The van der Waals surface area contributed by atoms with Crippen molar-refractivity contribution in [1.29, 1.82) is 0 Å². The fourth-order valence-corrected chi connectivity index (χ4v) is 2.95. The van der Waals surface area contributed by atoms with Crippen molar-refractivity contribution in [2.75, 3.05) is 18.7 Å². The second-order valence-electron chi connectivity index (χ2n) is 4.71. The number of carbonyl (C=O) groups excluding carboxylic acids is 1. The van der Waals surface area contributed by atoms with Crippen molar-refractivity contribution in [3.63, 3.8) is 0 Å². The van der Waals surface area contributed by atoms with Crippen molar-refractivity contribution in [3.8, 4) is 5.75 Å². The van der Waals surface area contributed by atoms with Crippen molar-refractivity contribution in [2.24, 2.45) is 0 Å². The smallest absolute Gasteiger partial charge is 0.255 e. The third kappa shape index (κ3) is 2.56. The highest BCUT2D eigenvalue weighted by molar-refractivity contribution is 7.98. The average molecular weight is 300 g/mol. The third-order valence-electron chi connectivity index (χ3n) is 3.49. The SMILES string of the molecule is COc1cc([C@@H]2NC(=O)c3ccccc3N2)ccc1SC. The summed E-state index contributed by atoms with van der Waals surface area (Å²) in [5.74, 6) is 0.747. The maximum absolute atomic E-state index is 12.2. The van der Waals surface area contributed by atoms with Crippen LogP contribution in [0.5, 0.6) is 5.75 Å². The molecule has 1 amide bonds. The largest absolute Gasteiger partial charge is 0.496 e. The Labute approximate surface area is 127 Å². The molecule has 0 fully saturated rings. The molecular weight excluding hydrogens is 284 g/mol. The summed E-state index contributed by atoms with van der Waals surface area (Å²) in [5, 5.41) is 6.30. The summed E-state index contributed by atoms with van der Waals surface area (Å²) in [5.41, 5.74) is 2.48. The normalized spacial score (nSPS) is 16.7. The number of benzene rings is 2. The van der Waals surface area contributed by atoms with Crippen LogP contribution in [0.15, 0.2) is 47.4 Å². The van der Waals surface area contributed by atoms with Crippen LogP contribution in [-0.2, 0) is 0 Å². The van der Waals surface area contributed by atoms with E-state index >= 15 is 0 Å². The molecule has 0 spiro atoms. The number of ether oxygens (including phenoxy) is 1. The molecule has 1 heterocycles. The number of fused-ring (bicyclic) bond motifs is 1. The molecule has 0 unspecified atom stereocenters. The van der Waals surface area contributed by atoms with Gasteiger partial charge in [-0.25, -0.2) is 0 Å². The highest BCUT2D eigenvalue weighted by atomic mass is 32.2. The van der Waals surface area contributed by atoms with Crippen LogP contribution in [0.2, 0.25) is 0 Å². The fourth-order valence-electron chi connectivity index (χ4n) is 2.41. The molecule has 0 radical (unpaired) electrons. The summed E-state index contributed by atoms with van der Waals surface area (Å²) >= 11 is 1.63. The summed E-state index contributed by atoms with van der Waals surface area (Å²) in [4.78, 5) is 13.2. The number of carbonyl (C=O) groups is 1. The Bertz CT molecular complexity index is 688. The lowest BCUT2D eigenvalue weighted by molar-refractivity contribution is 0.0935. The molecule has 0 aromatic heterocycles. The van der Waals surface area contributed by atoms with Crippen LogP contribution in [-0.4, -0.2) is 19.3 Å². The Balaban J connectivity index is 1.94. The highest BCUT2D eigenvalue weighted by Gasteiger charge is 2.24. The number of rotatable bonds is 3. The zero-order valence-corrected chi connectivity index (χ0v) is 12.7. The molecule has 0 bridgehead atoms. The van der Waals surface area contributed by atoms with E-state index in [0.29, 0.717) is 5.56 Å². The van der Waals surface area contributed by atoms with Crippen LogP contribution in [0.4, 0.5) is 5.69 Å². The van der Waals surface area contributed by atoms with Gasteiger partial charge in [0.1, 0.15) is 11.9 Å².